The zero-order valence-electron chi connectivity index (χ0n) is 8.76. The van der Waals surface area contributed by atoms with Crippen LogP contribution in [-0.4, -0.2) is 12.6 Å². The lowest BCUT2D eigenvalue weighted by atomic mass is 10.1. The average molecular weight is 193 g/mol. The van der Waals surface area contributed by atoms with Gasteiger partial charge in [-0.05, 0) is 31.4 Å². The number of hydrogen-bond acceptors (Lipinski definition) is 1. The number of nitrogens with zero attached hydrogens (tertiary/aromatic N) is 1. The minimum atomic E-state index is -0.0692. The van der Waals surface area contributed by atoms with Crippen molar-refractivity contribution in [2.75, 3.05) is 11.4 Å². The Bertz CT molecular complexity index is 335. The Morgan fingerprint density at radius 2 is 2.29 bits per heavy atom. The monoisotopic (exact) mass is 193 g/mol. The Hall–Kier alpha value is -1.05. The molecule has 0 radical (unpaired) electrons. The molecule has 0 spiro atoms. The maximum absolute atomic E-state index is 13.6. The summed E-state index contributed by atoms with van der Waals surface area (Å²) in [5, 5.41) is 0. The van der Waals surface area contributed by atoms with Gasteiger partial charge in [0.05, 0.1) is 5.69 Å². The minimum absolute atomic E-state index is 0.0692. The van der Waals surface area contributed by atoms with Crippen LogP contribution in [0.3, 0.4) is 0 Å². The van der Waals surface area contributed by atoms with Crippen LogP contribution in [0.1, 0.15) is 25.8 Å². The fraction of sp³-hybridized carbons (Fsp3) is 0.500. The molecule has 1 aromatic rings. The number of anilines is 1. The van der Waals surface area contributed by atoms with Gasteiger partial charge in [-0.25, -0.2) is 4.39 Å². The van der Waals surface area contributed by atoms with E-state index in [4.69, 9.17) is 0 Å². The molecule has 76 valence electrons. The van der Waals surface area contributed by atoms with Crippen LogP contribution in [0.4, 0.5) is 10.1 Å². The van der Waals surface area contributed by atoms with Crippen LogP contribution >= 0.6 is 0 Å². The fourth-order valence-corrected chi connectivity index (χ4v) is 2.10. The largest absolute Gasteiger partial charge is 0.366 e. The Labute approximate surface area is 84.5 Å². The molecule has 0 aliphatic carbocycles. The lowest BCUT2D eigenvalue weighted by Crippen LogP contribution is -2.31. The van der Waals surface area contributed by atoms with Crippen LogP contribution in [0, 0.1) is 5.82 Å². The first-order valence-electron chi connectivity index (χ1n) is 5.28. The molecular weight excluding hydrogens is 177 g/mol. The highest BCUT2D eigenvalue weighted by atomic mass is 19.1. The van der Waals surface area contributed by atoms with E-state index >= 15 is 0 Å². The third kappa shape index (κ3) is 1.39. The molecule has 1 aromatic carbocycles. The van der Waals surface area contributed by atoms with Crippen molar-refractivity contribution < 1.29 is 4.39 Å². The highest BCUT2D eigenvalue weighted by Crippen LogP contribution is 2.32. The molecule has 1 unspecified atom stereocenters. The van der Waals surface area contributed by atoms with Crippen molar-refractivity contribution in [3.05, 3.63) is 29.6 Å². The van der Waals surface area contributed by atoms with Gasteiger partial charge in [-0.15, -0.1) is 0 Å². The normalized spacial score (nSPS) is 16.9. The Morgan fingerprint density at radius 3 is 3.00 bits per heavy atom. The first-order valence-corrected chi connectivity index (χ1v) is 5.28. The topological polar surface area (TPSA) is 3.24 Å². The van der Waals surface area contributed by atoms with Crippen LogP contribution < -0.4 is 4.90 Å². The van der Waals surface area contributed by atoms with Crippen LogP contribution in [0.15, 0.2) is 18.2 Å². The van der Waals surface area contributed by atoms with E-state index in [1.165, 1.54) is 0 Å². The predicted molar refractivity (Wildman–Crippen MR) is 57.2 cm³/mol. The highest BCUT2D eigenvalue weighted by molar-refractivity contribution is 5.59. The first kappa shape index (κ1) is 9.50. The van der Waals surface area contributed by atoms with Gasteiger partial charge in [-0.3, -0.25) is 0 Å². The molecule has 0 bridgehead atoms. The van der Waals surface area contributed by atoms with Crippen molar-refractivity contribution in [2.24, 2.45) is 0 Å². The van der Waals surface area contributed by atoms with Crippen molar-refractivity contribution in [1.82, 2.24) is 0 Å². The van der Waals surface area contributed by atoms with Crippen molar-refractivity contribution >= 4 is 5.69 Å². The maximum atomic E-state index is 13.6. The molecule has 0 amide bonds. The summed E-state index contributed by atoms with van der Waals surface area (Å²) in [6.07, 6.45) is 2.05. The summed E-state index contributed by atoms with van der Waals surface area (Å²) >= 11 is 0. The van der Waals surface area contributed by atoms with Gasteiger partial charge in [0, 0.05) is 12.6 Å². The molecule has 0 saturated carbocycles. The second kappa shape index (κ2) is 3.60. The number of benzene rings is 1. The van der Waals surface area contributed by atoms with Gasteiger partial charge in [-0.2, -0.15) is 0 Å². The van der Waals surface area contributed by atoms with E-state index in [9.17, 15) is 4.39 Å². The van der Waals surface area contributed by atoms with E-state index in [-0.39, 0.29) is 5.82 Å². The average Bonchev–Trinajstić information content (AvgIpc) is 2.62. The van der Waals surface area contributed by atoms with Gasteiger partial charge < -0.3 is 4.90 Å². The van der Waals surface area contributed by atoms with Crippen LogP contribution in [0.5, 0.6) is 0 Å². The van der Waals surface area contributed by atoms with Gasteiger partial charge in [0.1, 0.15) is 5.82 Å². The SMILES string of the molecule is CCC(C)N1CCc2cccc(F)c21. The molecule has 0 fully saturated rings. The van der Waals surface area contributed by atoms with Gasteiger partial charge in [0.25, 0.3) is 0 Å². The third-order valence-electron chi connectivity index (χ3n) is 3.10. The predicted octanol–water partition coefficient (Wildman–Crippen LogP) is 2.99. The molecule has 14 heavy (non-hydrogen) atoms. The second-order valence-corrected chi connectivity index (χ2v) is 3.95. The summed E-state index contributed by atoms with van der Waals surface area (Å²) in [5.74, 6) is -0.0692. The van der Waals surface area contributed by atoms with E-state index in [1.807, 2.05) is 6.07 Å². The second-order valence-electron chi connectivity index (χ2n) is 3.95. The van der Waals surface area contributed by atoms with Gasteiger partial charge in [0.15, 0.2) is 0 Å². The molecule has 1 nitrogen and oxygen atoms in total. The van der Waals surface area contributed by atoms with E-state index in [0.717, 1.165) is 30.6 Å². The first-order chi connectivity index (χ1) is 6.74. The Balaban J connectivity index is 2.38. The van der Waals surface area contributed by atoms with E-state index < -0.39 is 0 Å². The molecule has 0 N–H and O–H groups in total. The standard InChI is InChI=1S/C12H16FN/c1-3-9(2)14-8-7-10-5-4-6-11(13)12(10)14/h4-6,9H,3,7-8H2,1-2H3. The molecule has 1 aliphatic heterocycles. The summed E-state index contributed by atoms with van der Waals surface area (Å²) in [4.78, 5) is 2.19. The van der Waals surface area contributed by atoms with E-state index in [2.05, 4.69) is 18.7 Å². The number of rotatable bonds is 2. The summed E-state index contributed by atoms with van der Waals surface area (Å²) in [6.45, 7) is 5.26. The van der Waals surface area contributed by atoms with E-state index in [0.29, 0.717) is 6.04 Å². The van der Waals surface area contributed by atoms with Crippen LogP contribution in [0.25, 0.3) is 0 Å². The molecule has 1 atom stereocenters. The molecule has 0 saturated heterocycles. The minimum Gasteiger partial charge on any atom is -0.366 e. The van der Waals surface area contributed by atoms with Gasteiger partial charge in [0.2, 0.25) is 0 Å². The number of halogens is 1. The summed E-state index contributed by atoms with van der Waals surface area (Å²) in [6, 6.07) is 5.82. The van der Waals surface area contributed by atoms with E-state index in [1.54, 1.807) is 12.1 Å². The molecule has 2 rings (SSSR count). The summed E-state index contributed by atoms with van der Waals surface area (Å²) < 4.78 is 13.6. The van der Waals surface area contributed by atoms with Crippen molar-refractivity contribution in [3.63, 3.8) is 0 Å². The smallest absolute Gasteiger partial charge is 0.146 e. The van der Waals surface area contributed by atoms with Crippen LogP contribution in [0.2, 0.25) is 0 Å². The molecule has 1 aliphatic rings. The quantitative estimate of drug-likeness (QED) is 0.698. The lowest BCUT2D eigenvalue weighted by molar-refractivity contribution is 0.592. The zero-order chi connectivity index (χ0) is 10.1. The lowest BCUT2D eigenvalue weighted by Gasteiger charge is -2.26. The number of fused-ring (bicyclic) bond motifs is 1. The Kier molecular flexibility index (Phi) is 2.44. The third-order valence-corrected chi connectivity index (χ3v) is 3.10. The summed E-state index contributed by atoms with van der Waals surface area (Å²) in [5.41, 5.74) is 1.99. The van der Waals surface area contributed by atoms with Crippen molar-refractivity contribution in [3.8, 4) is 0 Å². The van der Waals surface area contributed by atoms with Gasteiger partial charge >= 0.3 is 0 Å². The zero-order valence-corrected chi connectivity index (χ0v) is 8.76. The van der Waals surface area contributed by atoms with Crippen molar-refractivity contribution in [2.45, 2.75) is 32.7 Å². The number of para-hydroxylation sites is 1. The highest BCUT2D eigenvalue weighted by Gasteiger charge is 2.25. The molecular formula is C12H16FN. The fourth-order valence-electron chi connectivity index (χ4n) is 2.10. The molecule has 0 aromatic heterocycles. The molecule has 2 heteroatoms. The Morgan fingerprint density at radius 1 is 1.50 bits per heavy atom. The molecule has 1 heterocycles. The number of hydrogen-bond donors (Lipinski definition) is 0. The maximum Gasteiger partial charge on any atom is 0.146 e. The van der Waals surface area contributed by atoms with Crippen LogP contribution in [-0.2, 0) is 6.42 Å². The van der Waals surface area contributed by atoms with Gasteiger partial charge in [-0.1, -0.05) is 19.1 Å². The summed E-state index contributed by atoms with van der Waals surface area (Å²) in [7, 11) is 0. The van der Waals surface area contributed by atoms with Crippen molar-refractivity contribution in [1.29, 1.82) is 0 Å².